The molecule has 0 saturated heterocycles. The van der Waals surface area contributed by atoms with Crippen LogP contribution in [-0.2, 0) is 27.8 Å². The van der Waals surface area contributed by atoms with Crippen LogP contribution in [0.15, 0.2) is 29.2 Å². The van der Waals surface area contributed by atoms with E-state index in [4.69, 9.17) is 0 Å². The molecule has 2 aromatic rings. The van der Waals surface area contributed by atoms with Crippen LogP contribution in [-0.4, -0.2) is 41.5 Å². The summed E-state index contributed by atoms with van der Waals surface area (Å²) in [5.41, 5.74) is 3.78. The third kappa shape index (κ3) is 5.70. The zero-order valence-electron chi connectivity index (χ0n) is 18.9. The third-order valence-corrected chi connectivity index (χ3v) is 7.22. The van der Waals surface area contributed by atoms with Crippen molar-refractivity contribution in [1.29, 1.82) is 0 Å². The SMILES string of the molecule is CCN(CC)S(=O)(=O)c1ccc(NC(=O)CCc2c(C)nn(CC(C)C)c2C)cc1. The van der Waals surface area contributed by atoms with Gasteiger partial charge in [0.25, 0.3) is 0 Å². The molecule has 7 nitrogen and oxygen atoms in total. The van der Waals surface area contributed by atoms with Crippen LogP contribution in [0.3, 0.4) is 0 Å². The minimum Gasteiger partial charge on any atom is -0.326 e. The van der Waals surface area contributed by atoms with E-state index in [1.165, 1.54) is 16.4 Å². The Balaban J connectivity index is 2.00. The number of nitrogens with one attached hydrogen (secondary N) is 1. The molecule has 0 fully saturated rings. The maximum Gasteiger partial charge on any atom is 0.243 e. The first-order valence-corrected chi connectivity index (χ1v) is 12.0. The van der Waals surface area contributed by atoms with Crippen molar-refractivity contribution >= 4 is 21.6 Å². The molecule has 8 heteroatoms. The highest BCUT2D eigenvalue weighted by Gasteiger charge is 2.21. The van der Waals surface area contributed by atoms with Crippen LogP contribution in [0.25, 0.3) is 0 Å². The highest BCUT2D eigenvalue weighted by molar-refractivity contribution is 7.89. The van der Waals surface area contributed by atoms with Crippen molar-refractivity contribution in [1.82, 2.24) is 14.1 Å². The van der Waals surface area contributed by atoms with Crippen LogP contribution in [0.4, 0.5) is 5.69 Å². The van der Waals surface area contributed by atoms with Crippen LogP contribution in [0.1, 0.15) is 51.1 Å². The Morgan fingerprint density at radius 1 is 1.13 bits per heavy atom. The fraction of sp³-hybridized carbons (Fsp3) is 0.545. The van der Waals surface area contributed by atoms with E-state index in [2.05, 4.69) is 24.3 Å². The molecular formula is C22H34N4O3S. The van der Waals surface area contributed by atoms with E-state index < -0.39 is 10.0 Å². The summed E-state index contributed by atoms with van der Waals surface area (Å²) in [5, 5.41) is 7.45. The minimum absolute atomic E-state index is 0.107. The number of carbonyl (C=O) groups excluding carboxylic acids is 1. The number of amides is 1. The number of hydrogen-bond acceptors (Lipinski definition) is 4. The average molecular weight is 435 g/mol. The van der Waals surface area contributed by atoms with Crippen LogP contribution < -0.4 is 5.32 Å². The summed E-state index contributed by atoms with van der Waals surface area (Å²) in [7, 11) is -3.50. The number of benzene rings is 1. The van der Waals surface area contributed by atoms with Gasteiger partial charge >= 0.3 is 0 Å². The summed E-state index contributed by atoms with van der Waals surface area (Å²) >= 11 is 0. The maximum atomic E-state index is 12.6. The number of hydrogen-bond donors (Lipinski definition) is 1. The molecule has 1 heterocycles. The van der Waals surface area contributed by atoms with Crippen molar-refractivity contribution in [2.24, 2.45) is 5.92 Å². The quantitative estimate of drug-likeness (QED) is 0.617. The van der Waals surface area contributed by atoms with E-state index in [-0.39, 0.29) is 10.8 Å². The number of carbonyl (C=O) groups is 1. The van der Waals surface area contributed by atoms with E-state index >= 15 is 0 Å². The number of rotatable bonds is 10. The van der Waals surface area contributed by atoms with E-state index in [0.29, 0.717) is 37.5 Å². The van der Waals surface area contributed by atoms with Gasteiger partial charge in [-0.3, -0.25) is 9.48 Å². The summed E-state index contributed by atoms with van der Waals surface area (Å²) in [4.78, 5) is 12.6. The van der Waals surface area contributed by atoms with E-state index in [1.54, 1.807) is 12.1 Å². The molecule has 2 rings (SSSR count). The molecule has 30 heavy (non-hydrogen) atoms. The van der Waals surface area contributed by atoms with Gasteiger partial charge in [-0.15, -0.1) is 0 Å². The Hall–Kier alpha value is -2.19. The van der Waals surface area contributed by atoms with Crippen molar-refractivity contribution in [3.05, 3.63) is 41.2 Å². The van der Waals surface area contributed by atoms with E-state index in [1.807, 2.05) is 32.4 Å². The highest BCUT2D eigenvalue weighted by atomic mass is 32.2. The summed E-state index contributed by atoms with van der Waals surface area (Å²) in [5.74, 6) is 0.400. The van der Waals surface area contributed by atoms with Crippen LogP contribution in [0, 0.1) is 19.8 Å². The van der Waals surface area contributed by atoms with Gasteiger partial charge in [-0.2, -0.15) is 9.40 Å². The number of aryl methyl sites for hydroxylation is 1. The second kappa shape index (κ2) is 10.2. The zero-order chi connectivity index (χ0) is 22.5. The second-order valence-electron chi connectivity index (χ2n) is 7.89. The molecule has 0 spiro atoms. The molecule has 1 aromatic carbocycles. The summed E-state index contributed by atoms with van der Waals surface area (Å²) in [6.45, 7) is 13.7. The number of sulfonamides is 1. The van der Waals surface area contributed by atoms with E-state index in [0.717, 1.165) is 23.5 Å². The van der Waals surface area contributed by atoms with Crippen LogP contribution >= 0.6 is 0 Å². The molecule has 166 valence electrons. The lowest BCUT2D eigenvalue weighted by atomic mass is 10.1. The Bertz CT molecular complexity index is 959. The van der Waals surface area contributed by atoms with Gasteiger partial charge in [-0.1, -0.05) is 27.7 Å². The lowest BCUT2D eigenvalue weighted by Gasteiger charge is -2.18. The molecule has 0 aliphatic rings. The topological polar surface area (TPSA) is 84.3 Å². The largest absolute Gasteiger partial charge is 0.326 e. The Kier molecular flexibility index (Phi) is 8.20. The lowest BCUT2D eigenvalue weighted by Crippen LogP contribution is -2.30. The first-order chi connectivity index (χ1) is 14.1. The normalized spacial score (nSPS) is 12.0. The predicted octanol–water partition coefficient (Wildman–Crippen LogP) is 3.76. The second-order valence-corrected chi connectivity index (χ2v) is 9.83. The first-order valence-electron chi connectivity index (χ1n) is 10.5. The van der Waals surface area contributed by atoms with Gasteiger partial charge in [-0.05, 0) is 56.0 Å². The summed E-state index contributed by atoms with van der Waals surface area (Å²) in [6.07, 6.45) is 0.963. The number of aromatic nitrogens is 2. The van der Waals surface area contributed by atoms with Gasteiger partial charge in [0.1, 0.15) is 0 Å². The Labute approximate surface area is 180 Å². The van der Waals surface area contributed by atoms with Crippen molar-refractivity contribution < 1.29 is 13.2 Å². The van der Waals surface area contributed by atoms with E-state index in [9.17, 15) is 13.2 Å². The standard InChI is InChI=1S/C22H34N4O3S/c1-7-25(8-2)30(28,29)20-11-9-19(10-12-20)23-22(27)14-13-21-17(5)24-26(18(21)6)15-16(3)4/h9-12,16H,7-8,13-15H2,1-6H3,(H,23,27). The number of anilines is 1. The van der Waals surface area contributed by atoms with Gasteiger partial charge in [-0.25, -0.2) is 8.42 Å². The molecular weight excluding hydrogens is 400 g/mol. The molecule has 1 aromatic heterocycles. The Morgan fingerprint density at radius 2 is 1.73 bits per heavy atom. The third-order valence-electron chi connectivity index (χ3n) is 5.15. The fourth-order valence-electron chi connectivity index (χ4n) is 3.50. The molecule has 0 saturated carbocycles. The predicted molar refractivity (Wildman–Crippen MR) is 120 cm³/mol. The molecule has 0 unspecified atom stereocenters. The van der Waals surface area contributed by atoms with Crippen molar-refractivity contribution in [3.63, 3.8) is 0 Å². The van der Waals surface area contributed by atoms with Gasteiger partial charge in [0.15, 0.2) is 0 Å². The average Bonchev–Trinajstić information content (AvgIpc) is 2.93. The monoisotopic (exact) mass is 434 g/mol. The summed E-state index contributed by atoms with van der Waals surface area (Å²) < 4.78 is 28.5. The zero-order valence-corrected chi connectivity index (χ0v) is 19.7. The van der Waals surface area contributed by atoms with Crippen LogP contribution in [0.2, 0.25) is 0 Å². The first kappa shape index (κ1) is 24.1. The number of nitrogens with zero attached hydrogens (tertiary/aromatic N) is 3. The van der Waals surface area contributed by atoms with Gasteiger partial charge < -0.3 is 5.32 Å². The van der Waals surface area contributed by atoms with Crippen molar-refractivity contribution in [2.45, 2.75) is 65.8 Å². The molecule has 1 amide bonds. The molecule has 0 aliphatic carbocycles. The minimum atomic E-state index is -3.50. The maximum absolute atomic E-state index is 12.6. The van der Waals surface area contributed by atoms with Crippen LogP contribution in [0.5, 0.6) is 0 Å². The van der Waals surface area contributed by atoms with Gasteiger partial charge in [0, 0.05) is 37.4 Å². The smallest absolute Gasteiger partial charge is 0.243 e. The van der Waals surface area contributed by atoms with Gasteiger partial charge in [0.2, 0.25) is 15.9 Å². The molecule has 1 N–H and O–H groups in total. The molecule has 0 atom stereocenters. The van der Waals surface area contributed by atoms with Crippen molar-refractivity contribution in [3.8, 4) is 0 Å². The molecule has 0 bridgehead atoms. The summed E-state index contributed by atoms with van der Waals surface area (Å²) in [6, 6.07) is 6.33. The van der Waals surface area contributed by atoms with Gasteiger partial charge in [0.05, 0.1) is 10.6 Å². The Morgan fingerprint density at radius 3 is 2.27 bits per heavy atom. The molecule has 0 radical (unpaired) electrons. The molecule has 0 aliphatic heterocycles. The van der Waals surface area contributed by atoms with Crippen molar-refractivity contribution in [2.75, 3.05) is 18.4 Å². The highest BCUT2D eigenvalue weighted by Crippen LogP contribution is 2.20. The lowest BCUT2D eigenvalue weighted by molar-refractivity contribution is -0.116. The fourth-order valence-corrected chi connectivity index (χ4v) is 4.96.